The molecule has 20 heavy (non-hydrogen) atoms. The molecule has 0 amide bonds. The highest BCUT2D eigenvalue weighted by molar-refractivity contribution is 5.85. The van der Waals surface area contributed by atoms with E-state index >= 15 is 0 Å². The molecule has 1 heterocycles. The van der Waals surface area contributed by atoms with Crippen LogP contribution in [0.4, 0.5) is 0 Å². The van der Waals surface area contributed by atoms with Crippen LogP contribution in [0.5, 0.6) is 0 Å². The van der Waals surface area contributed by atoms with Crippen molar-refractivity contribution in [1.29, 1.82) is 0 Å². The van der Waals surface area contributed by atoms with Crippen LogP contribution < -0.4 is 5.32 Å². The first kappa shape index (κ1) is 14.2. The van der Waals surface area contributed by atoms with Gasteiger partial charge in [0.25, 0.3) is 0 Å². The topological polar surface area (TPSA) is 62.2 Å². The zero-order valence-electron chi connectivity index (χ0n) is 11.4. The van der Waals surface area contributed by atoms with Crippen molar-refractivity contribution in [2.75, 3.05) is 6.54 Å². The van der Waals surface area contributed by atoms with Crippen molar-refractivity contribution >= 4 is 5.97 Å². The summed E-state index contributed by atoms with van der Waals surface area (Å²) < 4.78 is 0. The summed E-state index contributed by atoms with van der Waals surface area (Å²) in [5.74, 6) is -0.594. The molecule has 0 aliphatic heterocycles. The standard InChI is InChI=1S/C16H18N2O2/c1-12(13-6-3-2-4-7-13)10-17-11-14-8-5-9-15(18-14)16(19)20/h2-9,12,17H,10-11H2,1H3,(H,19,20). The molecule has 4 heteroatoms. The first-order valence-electron chi connectivity index (χ1n) is 6.61. The number of rotatable bonds is 6. The summed E-state index contributed by atoms with van der Waals surface area (Å²) in [6, 6.07) is 15.3. The number of hydrogen-bond donors (Lipinski definition) is 2. The molecule has 0 aliphatic carbocycles. The molecule has 1 unspecified atom stereocenters. The first-order valence-corrected chi connectivity index (χ1v) is 6.61. The molecule has 2 aromatic rings. The van der Waals surface area contributed by atoms with Gasteiger partial charge in [-0.25, -0.2) is 9.78 Å². The van der Waals surface area contributed by atoms with Gasteiger partial charge in [0, 0.05) is 13.1 Å². The number of aromatic carboxylic acids is 1. The van der Waals surface area contributed by atoms with Crippen molar-refractivity contribution < 1.29 is 9.90 Å². The molecule has 2 rings (SSSR count). The normalized spacial score (nSPS) is 12.1. The second-order valence-electron chi connectivity index (χ2n) is 4.76. The van der Waals surface area contributed by atoms with Crippen LogP contribution in [0.1, 0.15) is 34.6 Å². The average molecular weight is 270 g/mol. The van der Waals surface area contributed by atoms with Crippen LogP contribution >= 0.6 is 0 Å². The molecular weight excluding hydrogens is 252 g/mol. The SMILES string of the molecule is CC(CNCc1cccc(C(=O)O)n1)c1ccccc1. The van der Waals surface area contributed by atoms with Gasteiger partial charge < -0.3 is 10.4 Å². The molecule has 1 aromatic heterocycles. The predicted octanol–water partition coefficient (Wildman–Crippen LogP) is 2.67. The summed E-state index contributed by atoms with van der Waals surface area (Å²) in [7, 11) is 0. The molecule has 1 aromatic carbocycles. The average Bonchev–Trinajstić information content (AvgIpc) is 2.48. The molecule has 4 nitrogen and oxygen atoms in total. The zero-order valence-corrected chi connectivity index (χ0v) is 11.4. The maximum Gasteiger partial charge on any atom is 0.354 e. The Morgan fingerprint density at radius 3 is 2.65 bits per heavy atom. The smallest absolute Gasteiger partial charge is 0.354 e. The number of pyridine rings is 1. The molecule has 0 bridgehead atoms. The van der Waals surface area contributed by atoms with Gasteiger partial charge >= 0.3 is 5.97 Å². The molecule has 0 aliphatic rings. The third-order valence-electron chi connectivity index (χ3n) is 3.15. The van der Waals surface area contributed by atoms with Gasteiger partial charge in [-0.3, -0.25) is 0 Å². The van der Waals surface area contributed by atoms with Crippen molar-refractivity contribution in [2.24, 2.45) is 0 Å². The summed E-state index contributed by atoms with van der Waals surface area (Å²) in [5, 5.41) is 12.2. The second-order valence-corrected chi connectivity index (χ2v) is 4.76. The van der Waals surface area contributed by atoms with Gasteiger partial charge in [-0.15, -0.1) is 0 Å². The lowest BCUT2D eigenvalue weighted by Gasteiger charge is -2.12. The van der Waals surface area contributed by atoms with Gasteiger partial charge in [0.05, 0.1) is 5.69 Å². The van der Waals surface area contributed by atoms with E-state index in [2.05, 4.69) is 29.4 Å². The van der Waals surface area contributed by atoms with Crippen LogP contribution in [0.25, 0.3) is 0 Å². The highest BCUT2D eigenvalue weighted by Crippen LogP contribution is 2.13. The Kier molecular flexibility index (Phi) is 4.85. The van der Waals surface area contributed by atoms with Gasteiger partial charge in [0.2, 0.25) is 0 Å². The van der Waals surface area contributed by atoms with E-state index in [1.807, 2.05) is 24.3 Å². The summed E-state index contributed by atoms with van der Waals surface area (Å²) >= 11 is 0. The zero-order chi connectivity index (χ0) is 14.4. The van der Waals surface area contributed by atoms with E-state index in [0.717, 1.165) is 12.2 Å². The highest BCUT2D eigenvalue weighted by Gasteiger charge is 2.06. The van der Waals surface area contributed by atoms with Crippen molar-refractivity contribution in [3.05, 3.63) is 65.5 Å². The second kappa shape index (κ2) is 6.82. The molecular formula is C16H18N2O2. The van der Waals surface area contributed by atoms with E-state index in [9.17, 15) is 4.79 Å². The van der Waals surface area contributed by atoms with Crippen molar-refractivity contribution in [3.8, 4) is 0 Å². The van der Waals surface area contributed by atoms with Crippen molar-refractivity contribution in [2.45, 2.75) is 19.4 Å². The molecule has 0 saturated carbocycles. The van der Waals surface area contributed by atoms with Crippen LogP contribution in [0.2, 0.25) is 0 Å². The molecule has 0 spiro atoms. The summed E-state index contributed by atoms with van der Waals surface area (Å²) in [4.78, 5) is 14.9. The lowest BCUT2D eigenvalue weighted by molar-refractivity contribution is 0.0690. The minimum Gasteiger partial charge on any atom is -0.477 e. The van der Waals surface area contributed by atoms with Crippen molar-refractivity contribution in [1.82, 2.24) is 10.3 Å². The molecule has 0 radical (unpaired) electrons. The quantitative estimate of drug-likeness (QED) is 0.847. The maximum atomic E-state index is 10.8. The lowest BCUT2D eigenvalue weighted by Crippen LogP contribution is -2.20. The lowest BCUT2D eigenvalue weighted by atomic mass is 10.0. The van der Waals surface area contributed by atoms with E-state index < -0.39 is 5.97 Å². The number of nitrogens with one attached hydrogen (secondary N) is 1. The van der Waals surface area contributed by atoms with E-state index in [1.54, 1.807) is 6.07 Å². The Balaban J connectivity index is 1.87. The monoisotopic (exact) mass is 270 g/mol. The Morgan fingerprint density at radius 2 is 1.95 bits per heavy atom. The molecule has 2 N–H and O–H groups in total. The Labute approximate surface area is 118 Å². The number of nitrogens with zero attached hydrogens (tertiary/aromatic N) is 1. The van der Waals surface area contributed by atoms with E-state index in [-0.39, 0.29) is 5.69 Å². The number of hydrogen-bond acceptors (Lipinski definition) is 3. The fraction of sp³-hybridized carbons (Fsp3) is 0.250. The number of carbonyl (C=O) groups is 1. The summed E-state index contributed by atoms with van der Waals surface area (Å²) in [6.07, 6.45) is 0. The number of benzene rings is 1. The van der Waals surface area contributed by atoms with E-state index in [4.69, 9.17) is 5.11 Å². The Morgan fingerprint density at radius 1 is 1.20 bits per heavy atom. The number of carboxylic acids is 1. The van der Waals surface area contributed by atoms with Crippen LogP contribution in [0.3, 0.4) is 0 Å². The van der Waals surface area contributed by atoms with Crippen LogP contribution in [-0.2, 0) is 6.54 Å². The van der Waals surface area contributed by atoms with E-state index in [1.165, 1.54) is 11.6 Å². The fourth-order valence-electron chi connectivity index (χ4n) is 2.01. The minimum atomic E-state index is -0.996. The van der Waals surface area contributed by atoms with E-state index in [0.29, 0.717) is 12.5 Å². The Bertz CT molecular complexity index is 570. The van der Waals surface area contributed by atoms with Gasteiger partial charge in [-0.05, 0) is 23.6 Å². The maximum absolute atomic E-state index is 10.8. The van der Waals surface area contributed by atoms with Crippen molar-refractivity contribution in [3.63, 3.8) is 0 Å². The highest BCUT2D eigenvalue weighted by atomic mass is 16.4. The first-order chi connectivity index (χ1) is 9.66. The minimum absolute atomic E-state index is 0.0837. The molecule has 0 saturated heterocycles. The number of aromatic nitrogens is 1. The third kappa shape index (κ3) is 3.90. The molecule has 1 atom stereocenters. The van der Waals surface area contributed by atoms with Crippen LogP contribution in [0, 0.1) is 0 Å². The molecule has 0 fully saturated rings. The van der Waals surface area contributed by atoms with Crippen LogP contribution in [0.15, 0.2) is 48.5 Å². The van der Waals surface area contributed by atoms with Gasteiger partial charge in [0.1, 0.15) is 5.69 Å². The summed E-state index contributed by atoms with van der Waals surface area (Å²) in [6.45, 7) is 3.55. The van der Waals surface area contributed by atoms with Gasteiger partial charge in [-0.1, -0.05) is 43.3 Å². The third-order valence-corrected chi connectivity index (χ3v) is 3.15. The predicted molar refractivity (Wildman–Crippen MR) is 77.8 cm³/mol. The molecule has 104 valence electrons. The largest absolute Gasteiger partial charge is 0.477 e. The van der Waals surface area contributed by atoms with Gasteiger partial charge in [0.15, 0.2) is 0 Å². The summed E-state index contributed by atoms with van der Waals surface area (Å²) in [5.41, 5.74) is 2.11. The Hall–Kier alpha value is -2.20. The number of carboxylic acid groups (broad SMARTS) is 1. The fourth-order valence-corrected chi connectivity index (χ4v) is 2.01. The van der Waals surface area contributed by atoms with Gasteiger partial charge in [-0.2, -0.15) is 0 Å². The van der Waals surface area contributed by atoms with Crippen LogP contribution in [-0.4, -0.2) is 22.6 Å².